The van der Waals surface area contributed by atoms with E-state index in [1.165, 1.54) is 4.90 Å². The van der Waals surface area contributed by atoms with Gasteiger partial charge in [-0.05, 0) is 56.4 Å². The van der Waals surface area contributed by atoms with E-state index >= 15 is 0 Å². The zero-order chi connectivity index (χ0) is 26.9. The van der Waals surface area contributed by atoms with Crippen molar-refractivity contribution in [3.63, 3.8) is 0 Å². The van der Waals surface area contributed by atoms with Crippen LogP contribution in [0.15, 0.2) is 36.9 Å². The van der Waals surface area contributed by atoms with E-state index in [-0.39, 0.29) is 37.5 Å². The molecular formula is C28H38N2O7. The Morgan fingerprint density at radius 3 is 2.59 bits per heavy atom. The number of nitrogens with zero attached hydrogens (tertiary/aromatic N) is 2. The van der Waals surface area contributed by atoms with E-state index in [4.69, 9.17) is 14.2 Å². The van der Waals surface area contributed by atoms with Crippen molar-refractivity contribution in [1.29, 1.82) is 0 Å². The van der Waals surface area contributed by atoms with Crippen molar-refractivity contribution in [2.24, 2.45) is 17.8 Å². The highest BCUT2D eigenvalue weighted by Crippen LogP contribution is 2.59. The van der Waals surface area contributed by atoms with Crippen LogP contribution >= 0.6 is 0 Å². The molecule has 1 aromatic carbocycles. The summed E-state index contributed by atoms with van der Waals surface area (Å²) in [6.07, 6.45) is 2.69. The lowest BCUT2D eigenvalue weighted by Gasteiger charge is -2.39. The summed E-state index contributed by atoms with van der Waals surface area (Å²) in [5, 5.41) is 10.4. The molecule has 9 nitrogen and oxygen atoms in total. The highest BCUT2D eigenvalue weighted by atomic mass is 16.6. The summed E-state index contributed by atoms with van der Waals surface area (Å²) in [6, 6.07) is 5.51. The summed E-state index contributed by atoms with van der Waals surface area (Å²) in [5.74, 6) is -1.90. The van der Waals surface area contributed by atoms with Crippen molar-refractivity contribution in [3.8, 4) is 5.75 Å². The third-order valence-electron chi connectivity index (χ3n) is 7.84. The van der Waals surface area contributed by atoms with Crippen molar-refractivity contribution in [1.82, 2.24) is 4.90 Å². The number of carbonyl (C=O) groups excluding carboxylic acids is 3. The van der Waals surface area contributed by atoms with Gasteiger partial charge in [-0.1, -0.05) is 19.9 Å². The zero-order valence-corrected chi connectivity index (χ0v) is 22.1. The maximum atomic E-state index is 14.5. The Morgan fingerprint density at radius 2 is 2.03 bits per heavy atom. The number of likely N-dealkylation sites (tertiary alicyclic amines) is 1. The third-order valence-corrected chi connectivity index (χ3v) is 7.84. The molecule has 202 valence electrons. The Bertz CT molecular complexity index is 1030. The molecule has 3 saturated heterocycles. The van der Waals surface area contributed by atoms with E-state index in [1.54, 1.807) is 49.3 Å². The molecule has 0 aromatic heterocycles. The number of amides is 2. The SMILES string of the molecule is C=CCN(C(=O)[C@@H]1N([C@@H](CO)CC(C)C)C(=O)[C@H]2[C@H](C(=O)OCC)[C@@H]3CC[C@]12O3)c1ccc(OC)cc1. The van der Waals surface area contributed by atoms with Gasteiger partial charge in [0.25, 0.3) is 5.91 Å². The van der Waals surface area contributed by atoms with Crippen molar-refractivity contribution < 1.29 is 33.7 Å². The van der Waals surface area contributed by atoms with Crippen molar-refractivity contribution in [3.05, 3.63) is 36.9 Å². The minimum absolute atomic E-state index is 0.169. The highest BCUT2D eigenvalue weighted by molar-refractivity contribution is 6.04. The molecule has 0 saturated carbocycles. The van der Waals surface area contributed by atoms with Gasteiger partial charge in [0, 0.05) is 12.2 Å². The van der Waals surface area contributed by atoms with Crippen LogP contribution in [-0.4, -0.2) is 78.4 Å². The summed E-state index contributed by atoms with van der Waals surface area (Å²) in [5.41, 5.74) is -0.538. The maximum Gasteiger partial charge on any atom is 0.312 e. The molecule has 1 spiro atoms. The first kappa shape index (κ1) is 27.1. The van der Waals surface area contributed by atoms with Gasteiger partial charge in [-0.3, -0.25) is 14.4 Å². The fourth-order valence-corrected chi connectivity index (χ4v) is 6.45. The van der Waals surface area contributed by atoms with Crippen LogP contribution < -0.4 is 9.64 Å². The Kier molecular flexibility index (Phi) is 7.94. The molecule has 0 radical (unpaired) electrons. The van der Waals surface area contributed by atoms with Crippen LogP contribution in [0.2, 0.25) is 0 Å². The number of benzene rings is 1. The predicted octanol–water partition coefficient (Wildman–Crippen LogP) is 2.56. The number of aliphatic hydroxyl groups excluding tert-OH is 1. The van der Waals surface area contributed by atoms with Crippen LogP contribution in [0.25, 0.3) is 0 Å². The lowest BCUT2D eigenvalue weighted by molar-refractivity contribution is -0.155. The van der Waals surface area contributed by atoms with E-state index in [0.717, 1.165) is 0 Å². The van der Waals surface area contributed by atoms with E-state index in [9.17, 15) is 19.5 Å². The number of fused-ring (bicyclic) bond motifs is 1. The standard InChI is InChI=1S/C28H38N2O7/c1-6-14-29(18-8-10-20(35-5)11-9-18)26(33)24-28-13-12-21(37-28)22(27(34)36-7-2)23(28)25(32)30(24)19(16-31)15-17(3)4/h6,8-11,17,19,21-24,31H,1,7,12-16H2,2-5H3/t19-,21+,22-,23-,24+,28-/m1/s1. The second kappa shape index (κ2) is 10.8. The number of methoxy groups -OCH3 is 1. The lowest BCUT2D eigenvalue weighted by atomic mass is 9.70. The van der Waals surface area contributed by atoms with Crippen LogP contribution in [-0.2, 0) is 23.9 Å². The first-order valence-electron chi connectivity index (χ1n) is 13.1. The van der Waals surface area contributed by atoms with Gasteiger partial charge in [0.05, 0.1) is 44.3 Å². The normalized spacial score (nSPS) is 28.8. The number of carbonyl (C=O) groups is 3. The Labute approximate surface area is 218 Å². The fourth-order valence-electron chi connectivity index (χ4n) is 6.45. The molecule has 2 bridgehead atoms. The molecule has 37 heavy (non-hydrogen) atoms. The number of aliphatic hydroxyl groups is 1. The first-order chi connectivity index (χ1) is 17.7. The average Bonchev–Trinajstić information content (AvgIpc) is 3.53. The van der Waals surface area contributed by atoms with Crippen molar-refractivity contribution in [2.45, 2.75) is 63.8 Å². The molecule has 2 amide bonds. The molecule has 3 aliphatic rings. The van der Waals surface area contributed by atoms with Crippen LogP contribution in [0.1, 0.15) is 40.0 Å². The van der Waals surface area contributed by atoms with Crippen LogP contribution in [0.4, 0.5) is 5.69 Å². The second-order valence-corrected chi connectivity index (χ2v) is 10.5. The molecule has 4 rings (SSSR count). The molecule has 6 atom stereocenters. The largest absolute Gasteiger partial charge is 0.497 e. The Morgan fingerprint density at radius 1 is 1.32 bits per heavy atom. The van der Waals surface area contributed by atoms with E-state index in [1.807, 2.05) is 13.8 Å². The molecule has 1 aromatic rings. The molecule has 9 heteroatoms. The van der Waals surface area contributed by atoms with Gasteiger partial charge in [-0.25, -0.2) is 0 Å². The smallest absolute Gasteiger partial charge is 0.312 e. The number of rotatable bonds is 11. The maximum absolute atomic E-state index is 14.5. The predicted molar refractivity (Wildman–Crippen MR) is 137 cm³/mol. The quantitative estimate of drug-likeness (QED) is 0.357. The minimum Gasteiger partial charge on any atom is -0.497 e. The molecule has 3 fully saturated rings. The average molecular weight is 515 g/mol. The van der Waals surface area contributed by atoms with Gasteiger partial charge < -0.3 is 29.1 Å². The molecule has 3 aliphatic heterocycles. The number of esters is 1. The highest BCUT2D eigenvalue weighted by Gasteiger charge is 2.75. The number of ether oxygens (including phenoxy) is 3. The molecule has 0 unspecified atom stereocenters. The van der Waals surface area contributed by atoms with E-state index < -0.39 is 41.6 Å². The first-order valence-corrected chi connectivity index (χ1v) is 13.1. The lowest BCUT2D eigenvalue weighted by Crippen LogP contribution is -2.59. The summed E-state index contributed by atoms with van der Waals surface area (Å²) in [6.45, 7) is 9.67. The third kappa shape index (κ3) is 4.52. The topological polar surface area (TPSA) is 106 Å². The van der Waals surface area contributed by atoms with Crippen molar-refractivity contribution >= 4 is 23.5 Å². The number of hydrogen-bond acceptors (Lipinski definition) is 7. The number of anilines is 1. The summed E-state index contributed by atoms with van der Waals surface area (Å²) >= 11 is 0. The van der Waals surface area contributed by atoms with Gasteiger partial charge in [-0.2, -0.15) is 0 Å². The monoisotopic (exact) mass is 514 g/mol. The second-order valence-electron chi connectivity index (χ2n) is 10.5. The minimum atomic E-state index is -1.16. The van der Waals surface area contributed by atoms with E-state index in [0.29, 0.717) is 30.7 Å². The molecule has 1 N–H and O–H groups in total. The molecule has 3 heterocycles. The van der Waals surface area contributed by atoms with E-state index in [2.05, 4.69) is 6.58 Å². The summed E-state index contributed by atoms with van der Waals surface area (Å²) < 4.78 is 17.1. The van der Waals surface area contributed by atoms with Gasteiger partial charge in [0.2, 0.25) is 5.91 Å². The van der Waals surface area contributed by atoms with Gasteiger partial charge in [0.15, 0.2) is 0 Å². The van der Waals surface area contributed by atoms with Crippen molar-refractivity contribution in [2.75, 3.05) is 31.8 Å². The number of hydrogen-bond donors (Lipinski definition) is 1. The molecular weight excluding hydrogens is 476 g/mol. The summed E-state index contributed by atoms with van der Waals surface area (Å²) in [7, 11) is 1.57. The summed E-state index contributed by atoms with van der Waals surface area (Å²) in [4.78, 5) is 44.6. The fraction of sp³-hybridized carbons (Fsp3) is 0.607. The Hall–Kier alpha value is -2.91. The van der Waals surface area contributed by atoms with Gasteiger partial charge in [0.1, 0.15) is 17.4 Å². The van der Waals surface area contributed by atoms with Crippen LogP contribution in [0.5, 0.6) is 5.75 Å². The zero-order valence-electron chi connectivity index (χ0n) is 22.1. The van der Waals surface area contributed by atoms with Gasteiger partial charge >= 0.3 is 5.97 Å². The van der Waals surface area contributed by atoms with Gasteiger partial charge in [-0.15, -0.1) is 6.58 Å². The van der Waals surface area contributed by atoms with Crippen LogP contribution in [0, 0.1) is 17.8 Å². The molecule has 0 aliphatic carbocycles. The van der Waals surface area contributed by atoms with Crippen LogP contribution in [0.3, 0.4) is 0 Å². The Balaban J connectivity index is 1.80.